The van der Waals surface area contributed by atoms with E-state index in [0.717, 1.165) is 6.42 Å². The summed E-state index contributed by atoms with van der Waals surface area (Å²) >= 11 is 3.18. The van der Waals surface area contributed by atoms with E-state index in [2.05, 4.69) is 15.9 Å². The van der Waals surface area contributed by atoms with E-state index in [9.17, 15) is 20.1 Å². The van der Waals surface area contributed by atoms with Gasteiger partial charge in [0, 0.05) is 10.0 Å². The molecule has 1 saturated carbocycles. The molecule has 0 atom stereocenters. The third-order valence-corrected chi connectivity index (χ3v) is 3.64. The van der Waals surface area contributed by atoms with Crippen molar-refractivity contribution in [3.05, 3.63) is 22.2 Å². The summed E-state index contributed by atoms with van der Waals surface area (Å²) in [6.45, 7) is 0. The van der Waals surface area contributed by atoms with Crippen LogP contribution in [0, 0.1) is 0 Å². The largest absolute Gasteiger partial charge is 0.504 e. The first-order valence-electron chi connectivity index (χ1n) is 4.93. The number of halogens is 1. The van der Waals surface area contributed by atoms with Crippen LogP contribution in [0.1, 0.15) is 24.8 Å². The monoisotopic (exact) mass is 286 g/mol. The second-order valence-electron chi connectivity index (χ2n) is 4.06. The van der Waals surface area contributed by atoms with Gasteiger partial charge in [0.2, 0.25) is 0 Å². The highest BCUT2D eigenvalue weighted by atomic mass is 79.9. The molecule has 1 aromatic rings. The molecule has 1 aromatic carbocycles. The Morgan fingerprint density at radius 2 is 1.94 bits per heavy atom. The lowest BCUT2D eigenvalue weighted by atomic mass is 9.64. The van der Waals surface area contributed by atoms with Crippen molar-refractivity contribution in [1.29, 1.82) is 0 Å². The fourth-order valence-electron chi connectivity index (χ4n) is 2.08. The molecule has 0 aliphatic heterocycles. The molecule has 1 aliphatic carbocycles. The average Bonchev–Trinajstić information content (AvgIpc) is 2.10. The number of aliphatic carboxylic acids is 1. The topological polar surface area (TPSA) is 77.8 Å². The molecule has 0 unspecified atom stereocenters. The van der Waals surface area contributed by atoms with E-state index in [1.807, 2.05) is 0 Å². The third kappa shape index (κ3) is 1.46. The molecule has 0 heterocycles. The van der Waals surface area contributed by atoms with Gasteiger partial charge in [-0.25, -0.2) is 0 Å². The first kappa shape index (κ1) is 11.3. The average molecular weight is 287 g/mol. The van der Waals surface area contributed by atoms with E-state index in [1.54, 1.807) is 6.07 Å². The Kier molecular flexibility index (Phi) is 2.58. The number of carboxylic acids is 1. The maximum absolute atomic E-state index is 11.3. The lowest BCUT2D eigenvalue weighted by Gasteiger charge is -2.38. The molecule has 0 aromatic heterocycles. The van der Waals surface area contributed by atoms with Gasteiger partial charge in [-0.05, 0) is 25.0 Å². The van der Waals surface area contributed by atoms with Crippen molar-refractivity contribution in [2.24, 2.45) is 0 Å². The number of rotatable bonds is 2. The van der Waals surface area contributed by atoms with Gasteiger partial charge in [0.15, 0.2) is 11.5 Å². The van der Waals surface area contributed by atoms with Gasteiger partial charge in [-0.3, -0.25) is 4.79 Å². The lowest BCUT2D eigenvalue weighted by molar-refractivity contribution is -0.147. The quantitative estimate of drug-likeness (QED) is 0.730. The fraction of sp³-hybridized carbons (Fsp3) is 0.364. The minimum Gasteiger partial charge on any atom is -0.504 e. The summed E-state index contributed by atoms with van der Waals surface area (Å²) in [5, 5.41) is 28.4. The maximum Gasteiger partial charge on any atom is 0.314 e. The number of aromatic hydroxyl groups is 2. The molecule has 3 N–H and O–H groups in total. The van der Waals surface area contributed by atoms with E-state index in [0.29, 0.717) is 17.3 Å². The highest BCUT2D eigenvalue weighted by Crippen LogP contribution is 2.50. The van der Waals surface area contributed by atoms with Crippen LogP contribution in [-0.2, 0) is 10.2 Å². The zero-order chi connectivity index (χ0) is 11.9. The van der Waals surface area contributed by atoms with E-state index in [-0.39, 0.29) is 17.1 Å². The maximum atomic E-state index is 11.3. The number of benzene rings is 1. The number of phenols is 2. The molecular weight excluding hydrogens is 276 g/mol. The standard InChI is InChI=1S/C11H11BrO4/c12-6-4-7(9(14)8(13)5-6)11(10(15)16)2-1-3-11/h4-5,13-14H,1-3H2,(H,15,16). The van der Waals surface area contributed by atoms with Crippen molar-refractivity contribution in [1.82, 2.24) is 0 Å². The van der Waals surface area contributed by atoms with Crippen molar-refractivity contribution in [2.45, 2.75) is 24.7 Å². The minimum absolute atomic E-state index is 0.290. The molecule has 0 spiro atoms. The Morgan fingerprint density at radius 3 is 2.38 bits per heavy atom. The van der Waals surface area contributed by atoms with Crippen LogP contribution in [-0.4, -0.2) is 21.3 Å². The third-order valence-electron chi connectivity index (χ3n) is 3.19. The summed E-state index contributed by atoms with van der Waals surface area (Å²) in [6, 6.07) is 2.90. The Hall–Kier alpha value is -1.23. The highest BCUT2D eigenvalue weighted by molar-refractivity contribution is 9.10. The van der Waals surface area contributed by atoms with Gasteiger partial charge in [-0.1, -0.05) is 22.4 Å². The first-order valence-corrected chi connectivity index (χ1v) is 5.72. The second kappa shape index (κ2) is 3.66. The molecule has 4 nitrogen and oxygen atoms in total. The van der Waals surface area contributed by atoms with Gasteiger partial charge in [-0.15, -0.1) is 0 Å². The lowest BCUT2D eigenvalue weighted by Crippen LogP contribution is -2.42. The van der Waals surface area contributed by atoms with Crippen LogP contribution in [0.25, 0.3) is 0 Å². The smallest absolute Gasteiger partial charge is 0.314 e. The Labute approximate surface area is 101 Å². The Bertz CT molecular complexity index is 452. The minimum atomic E-state index is -1.04. The molecule has 0 amide bonds. The molecule has 0 radical (unpaired) electrons. The van der Waals surface area contributed by atoms with Crippen LogP contribution >= 0.6 is 15.9 Å². The summed E-state index contributed by atoms with van der Waals surface area (Å²) in [4.78, 5) is 11.3. The van der Waals surface area contributed by atoms with Crippen LogP contribution in [0.2, 0.25) is 0 Å². The fourth-order valence-corrected chi connectivity index (χ4v) is 2.52. The first-order chi connectivity index (χ1) is 7.47. The van der Waals surface area contributed by atoms with E-state index >= 15 is 0 Å². The number of hydrogen-bond donors (Lipinski definition) is 3. The van der Waals surface area contributed by atoms with Crippen LogP contribution in [0.3, 0.4) is 0 Å². The Morgan fingerprint density at radius 1 is 1.31 bits per heavy atom. The summed E-state index contributed by atoms with van der Waals surface area (Å²) in [5.74, 6) is -1.58. The number of phenolic OH excluding ortho intramolecular Hbond substituents is 2. The predicted molar refractivity (Wildman–Crippen MR) is 60.6 cm³/mol. The second-order valence-corrected chi connectivity index (χ2v) is 4.98. The van der Waals surface area contributed by atoms with Crippen molar-refractivity contribution in [3.8, 4) is 11.5 Å². The molecule has 1 fully saturated rings. The van der Waals surface area contributed by atoms with Crippen molar-refractivity contribution >= 4 is 21.9 Å². The number of carboxylic acid groups (broad SMARTS) is 1. The zero-order valence-electron chi connectivity index (χ0n) is 8.40. The van der Waals surface area contributed by atoms with Gasteiger partial charge in [-0.2, -0.15) is 0 Å². The van der Waals surface area contributed by atoms with E-state index < -0.39 is 11.4 Å². The highest BCUT2D eigenvalue weighted by Gasteiger charge is 2.48. The van der Waals surface area contributed by atoms with Crippen molar-refractivity contribution in [3.63, 3.8) is 0 Å². The van der Waals surface area contributed by atoms with Gasteiger partial charge in [0.05, 0.1) is 5.41 Å². The summed E-state index contributed by atoms with van der Waals surface area (Å²) < 4.78 is 0.560. The van der Waals surface area contributed by atoms with Gasteiger partial charge >= 0.3 is 5.97 Å². The normalized spacial score (nSPS) is 17.8. The molecule has 1 aliphatic rings. The summed E-state index contributed by atoms with van der Waals surface area (Å²) in [7, 11) is 0. The van der Waals surface area contributed by atoms with E-state index in [4.69, 9.17) is 0 Å². The van der Waals surface area contributed by atoms with Crippen LogP contribution < -0.4 is 0 Å². The molecule has 0 saturated heterocycles. The van der Waals surface area contributed by atoms with Crippen molar-refractivity contribution in [2.75, 3.05) is 0 Å². The molecule has 16 heavy (non-hydrogen) atoms. The predicted octanol–water partition coefficient (Wildman–Crippen LogP) is 2.37. The van der Waals surface area contributed by atoms with Crippen LogP contribution in [0.15, 0.2) is 16.6 Å². The molecule has 2 rings (SSSR count). The molecule has 86 valence electrons. The Balaban J connectivity index is 2.59. The number of carbonyl (C=O) groups is 1. The van der Waals surface area contributed by atoms with Crippen LogP contribution in [0.5, 0.6) is 11.5 Å². The summed E-state index contributed by atoms with van der Waals surface area (Å²) in [5.41, 5.74) is -0.746. The molecule has 0 bridgehead atoms. The van der Waals surface area contributed by atoms with E-state index in [1.165, 1.54) is 6.07 Å². The van der Waals surface area contributed by atoms with Gasteiger partial charge in [0.25, 0.3) is 0 Å². The zero-order valence-corrected chi connectivity index (χ0v) is 9.99. The van der Waals surface area contributed by atoms with Crippen LogP contribution in [0.4, 0.5) is 0 Å². The van der Waals surface area contributed by atoms with Gasteiger partial charge < -0.3 is 15.3 Å². The number of hydrogen-bond acceptors (Lipinski definition) is 3. The SMILES string of the molecule is O=C(O)C1(c2cc(Br)cc(O)c2O)CCC1. The molecule has 5 heteroatoms. The molecular formula is C11H11BrO4. The van der Waals surface area contributed by atoms with Gasteiger partial charge in [0.1, 0.15) is 0 Å². The summed E-state index contributed by atoms with van der Waals surface area (Å²) in [6.07, 6.45) is 1.80. The van der Waals surface area contributed by atoms with Crippen molar-refractivity contribution < 1.29 is 20.1 Å².